The second-order valence-corrected chi connectivity index (χ2v) is 4.50. The first kappa shape index (κ1) is 13.1. The van der Waals surface area contributed by atoms with Gasteiger partial charge >= 0.3 is 5.97 Å². The summed E-state index contributed by atoms with van der Waals surface area (Å²) in [4.78, 5) is 11.1. The standard InChI is InChI=1S/C14H18O4/c1-11-13(9-18-14(11)15)8-17-10-16-7-12-5-3-2-4-6-12/h2-6,11,13H,7-10H2,1H3/t11-,13-/m0/s1. The molecule has 0 bridgehead atoms. The fourth-order valence-electron chi connectivity index (χ4n) is 1.84. The lowest BCUT2D eigenvalue weighted by molar-refractivity contribution is -0.140. The SMILES string of the molecule is C[C@@H]1C(=O)OC[C@@H]1COCOCc1ccccc1. The number of rotatable bonds is 6. The van der Waals surface area contributed by atoms with Crippen LogP contribution in [0.5, 0.6) is 0 Å². The summed E-state index contributed by atoms with van der Waals surface area (Å²) in [6.45, 7) is 3.61. The Hall–Kier alpha value is -1.39. The highest BCUT2D eigenvalue weighted by Crippen LogP contribution is 2.21. The molecule has 1 aliphatic rings. The lowest BCUT2D eigenvalue weighted by atomic mass is 9.99. The van der Waals surface area contributed by atoms with Crippen molar-refractivity contribution in [3.05, 3.63) is 35.9 Å². The highest BCUT2D eigenvalue weighted by Gasteiger charge is 2.32. The quantitative estimate of drug-likeness (QED) is 0.440. The maximum absolute atomic E-state index is 11.1. The van der Waals surface area contributed by atoms with Crippen molar-refractivity contribution in [2.75, 3.05) is 20.0 Å². The second-order valence-electron chi connectivity index (χ2n) is 4.50. The molecule has 1 aliphatic heterocycles. The van der Waals surface area contributed by atoms with Gasteiger partial charge in [-0.05, 0) is 5.56 Å². The molecule has 0 amide bonds. The maximum atomic E-state index is 11.1. The molecule has 0 N–H and O–H groups in total. The summed E-state index contributed by atoms with van der Waals surface area (Å²) in [5, 5.41) is 0. The first-order valence-electron chi connectivity index (χ1n) is 6.13. The average Bonchev–Trinajstić information content (AvgIpc) is 2.71. The van der Waals surface area contributed by atoms with Gasteiger partial charge in [0.25, 0.3) is 0 Å². The second kappa shape index (κ2) is 6.52. The Balaban J connectivity index is 1.58. The van der Waals surface area contributed by atoms with Crippen LogP contribution in [-0.4, -0.2) is 26.0 Å². The predicted molar refractivity (Wildman–Crippen MR) is 65.7 cm³/mol. The van der Waals surface area contributed by atoms with Crippen LogP contribution in [0, 0.1) is 11.8 Å². The summed E-state index contributed by atoms with van der Waals surface area (Å²) >= 11 is 0. The van der Waals surface area contributed by atoms with Crippen LogP contribution in [0.3, 0.4) is 0 Å². The third-order valence-corrected chi connectivity index (χ3v) is 3.13. The average molecular weight is 250 g/mol. The topological polar surface area (TPSA) is 44.8 Å². The monoisotopic (exact) mass is 250 g/mol. The molecule has 0 saturated carbocycles. The van der Waals surface area contributed by atoms with Crippen molar-refractivity contribution >= 4 is 5.97 Å². The largest absolute Gasteiger partial charge is 0.465 e. The first-order chi connectivity index (χ1) is 8.77. The Bertz CT molecular complexity index is 377. The normalized spacial score (nSPS) is 23.1. The number of cyclic esters (lactones) is 1. The molecule has 1 saturated heterocycles. The van der Waals surface area contributed by atoms with Gasteiger partial charge in [-0.25, -0.2) is 0 Å². The number of ether oxygens (including phenoxy) is 3. The van der Waals surface area contributed by atoms with Crippen molar-refractivity contribution in [2.24, 2.45) is 11.8 Å². The Labute approximate surface area is 107 Å². The Morgan fingerprint density at radius 1 is 1.28 bits per heavy atom. The van der Waals surface area contributed by atoms with Crippen LogP contribution >= 0.6 is 0 Å². The van der Waals surface area contributed by atoms with E-state index in [-0.39, 0.29) is 24.6 Å². The van der Waals surface area contributed by atoms with Gasteiger partial charge in [-0.3, -0.25) is 4.79 Å². The van der Waals surface area contributed by atoms with E-state index < -0.39 is 0 Å². The minimum atomic E-state index is -0.131. The van der Waals surface area contributed by atoms with E-state index in [0.717, 1.165) is 5.56 Å². The molecule has 0 radical (unpaired) electrons. The number of hydrogen-bond donors (Lipinski definition) is 0. The van der Waals surface area contributed by atoms with E-state index >= 15 is 0 Å². The summed E-state index contributed by atoms with van der Waals surface area (Å²) in [6, 6.07) is 9.93. The minimum Gasteiger partial charge on any atom is -0.465 e. The summed E-state index contributed by atoms with van der Waals surface area (Å²) in [5.74, 6) is -0.0502. The van der Waals surface area contributed by atoms with Gasteiger partial charge in [0.15, 0.2) is 0 Å². The van der Waals surface area contributed by atoms with Gasteiger partial charge in [-0.2, -0.15) is 0 Å². The molecule has 4 heteroatoms. The summed E-state index contributed by atoms with van der Waals surface area (Å²) < 4.78 is 15.7. The molecular weight excluding hydrogens is 232 g/mol. The highest BCUT2D eigenvalue weighted by molar-refractivity contribution is 5.74. The fourth-order valence-corrected chi connectivity index (χ4v) is 1.84. The van der Waals surface area contributed by atoms with Crippen molar-refractivity contribution in [3.63, 3.8) is 0 Å². The third kappa shape index (κ3) is 3.55. The van der Waals surface area contributed by atoms with E-state index in [1.54, 1.807) is 0 Å². The lowest BCUT2D eigenvalue weighted by Crippen LogP contribution is -2.18. The van der Waals surface area contributed by atoms with Crippen LogP contribution in [0.4, 0.5) is 0 Å². The van der Waals surface area contributed by atoms with Gasteiger partial charge < -0.3 is 14.2 Å². The van der Waals surface area contributed by atoms with Crippen molar-refractivity contribution in [1.82, 2.24) is 0 Å². The predicted octanol–water partition coefficient (Wildman–Crippen LogP) is 1.99. The molecule has 1 aromatic carbocycles. The molecule has 2 atom stereocenters. The van der Waals surface area contributed by atoms with E-state index in [4.69, 9.17) is 14.2 Å². The minimum absolute atomic E-state index is 0.0703. The molecule has 2 rings (SSSR count). The molecule has 1 aromatic rings. The fraction of sp³-hybridized carbons (Fsp3) is 0.500. The molecule has 1 heterocycles. The molecule has 4 nitrogen and oxygen atoms in total. The van der Waals surface area contributed by atoms with Crippen LogP contribution in [0.25, 0.3) is 0 Å². The molecule has 0 aromatic heterocycles. The number of carbonyl (C=O) groups is 1. The van der Waals surface area contributed by atoms with Gasteiger partial charge in [0.2, 0.25) is 0 Å². The Morgan fingerprint density at radius 2 is 2.06 bits per heavy atom. The molecule has 98 valence electrons. The van der Waals surface area contributed by atoms with Gasteiger partial charge in [0.1, 0.15) is 6.79 Å². The summed E-state index contributed by atoms with van der Waals surface area (Å²) in [7, 11) is 0. The zero-order chi connectivity index (χ0) is 12.8. The molecule has 1 fully saturated rings. The number of hydrogen-bond acceptors (Lipinski definition) is 4. The molecular formula is C14H18O4. The van der Waals surface area contributed by atoms with E-state index in [0.29, 0.717) is 19.8 Å². The molecule has 0 spiro atoms. The van der Waals surface area contributed by atoms with Gasteiger partial charge in [0.05, 0.1) is 25.7 Å². The maximum Gasteiger partial charge on any atom is 0.309 e. The van der Waals surface area contributed by atoms with E-state index in [9.17, 15) is 4.79 Å². The van der Waals surface area contributed by atoms with E-state index in [2.05, 4.69) is 0 Å². The zero-order valence-electron chi connectivity index (χ0n) is 10.5. The number of carbonyl (C=O) groups excluding carboxylic acids is 1. The van der Waals surface area contributed by atoms with Crippen LogP contribution in [-0.2, 0) is 25.6 Å². The lowest BCUT2D eigenvalue weighted by Gasteiger charge is -2.11. The van der Waals surface area contributed by atoms with Crippen LogP contribution in [0.1, 0.15) is 12.5 Å². The van der Waals surface area contributed by atoms with Crippen molar-refractivity contribution < 1.29 is 19.0 Å². The summed E-state index contributed by atoms with van der Waals surface area (Å²) in [5.41, 5.74) is 1.12. The van der Waals surface area contributed by atoms with Gasteiger partial charge in [0, 0.05) is 5.92 Å². The Kier molecular flexibility index (Phi) is 4.73. The van der Waals surface area contributed by atoms with Crippen LogP contribution < -0.4 is 0 Å². The molecule has 0 unspecified atom stereocenters. The van der Waals surface area contributed by atoms with Crippen LogP contribution in [0.2, 0.25) is 0 Å². The van der Waals surface area contributed by atoms with Crippen molar-refractivity contribution in [2.45, 2.75) is 13.5 Å². The van der Waals surface area contributed by atoms with Crippen molar-refractivity contribution in [3.8, 4) is 0 Å². The number of benzene rings is 1. The Morgan fingerprint density at radius 3 is 2.72 bits per heavy atom. The zero-order valence-corrected chi connectivity index (χ0v) is 10.5. The van der Waals surface area contributed by atoms with Gasteiger partial charge in [-0.1, -0.05) is 37.3 Å². The highest BCUT2D eigenvalue weighted by atomic mass is 16.7. The van der Waals surface area contributed by atoms with E-state index in [1.165, 1.54) is 0 Å². The third-order valence-electron chi connectivity index (χ3n) is 3.13. The molecule has 18 heavy (non-hydrogen) atoms. The number of esters is 1. The summed E-state index contributed by atoms with van der Waals surface area (Å²) in [6.07, 6.45) is 0. The van der Waals surface area contributed by atoms with Crippen molar-refractivity contribution in [1.29, 1.82) is 0 Å². The first-order valence-corrected chi connectivity index (χ1v) is 6.13. The van der Waals surface area contributed by atoms with E-state index in [1.807, 2.05) is 37.3 Å². The smallest absolute Gasteiger partial charge is 0.309 e. The van der Waals surface area contributed by atoms with Gasteiger partial charge in [-0.15, -0.1) is 0 Å². The van der Waals surface area contributed by atoms with Crippen LogP contribution in [0.15, 0.2) is 30.3 Å². The molecule has 0 aliphatic carbocycles.